The first-order chi connectivity index (χ1) is 14.6. The summed E-state index contributed by atoms with van der Waals surface area (Å²) in [6.45, 7) is 2.53. The molecule has 30 heavy (non-hydrogen) atoms. The minimum atomic E-state index is -0.434. The Bertz CT molecular complexity index is 1080. The van der Waals surface area contributed by atoms with E-state index in [1.165, 1.54) is 18.2 Å². The zero-order chi connectivity index (χ0) is 20.7. The molecule has 8 heteroatoms. The van der Waals surface area contributed by atoms with Crippen LogP contribution >= 0.6 is 0 Å². The molecule has 2 aromatic heterocycles. The highest BCUT2D eigenvalue weighted by Crippen LogP contribution is 2.40. The van der Waals surface area contributed by atoms with E-state index in [-0.39, 0.29) is 18.1 Å². The van der Waals surface area contributed by atoms with E-state index in [0.29, 0.717) is 35.3 Å². The summed E-state index contributed by atoms with van der Waals surface area (Å²) in [5.41, 5.74) is 1.60. The number of nitrogens with zero attached hydrogens (tertiary/aromatic N) is 5. The van der Waals surface area contributed by atoms with E-state index in [4.69, 9.17) is 4.74 Å². The molecule has 7 nitrogen and oxygen atoms in total. The first-order valence-corrected chi connectivity index (χ1v) is 9.91. The van der Waals surface area contributed by atoms with Crippen LogP contribution in [0, 0.1) is 18.7 Å². The molecule has 2 bridgehead atoms. The summed E-state index contributed by atoms with van der Waals surface area (Å²) in [5, 5.41) is 0. The maximum absolute atomic E-state index is 13.9. The van der Waals surface area contributed by atoms with Crippen LogP contribution in [0.3, 0.4) is 0 Å². The topological polar surface area (TPSA) is 81.1 Å². The van der Waals surface area contributed by atoms with Gasteiger partial charge < -0.3 is 9.64 Å². The lowest BCUT2D eigenvalue weighted by atomic mass is 10.0. The Kier molecular flexibility index (Phi) is 4.61. The second kappa shape index (κ2) is 7.44. The number of likely N-dealkylation sites (tertiary alicyclic amines) is 1. The Morgan fingerprint density at radius 2 is 1.97 bits per heavy atom. The van der Waals surface area contributed by atoms with Gasteiger partial charge in [-0.15, -0.1) is 0 Å². The molecule has 2 fully saturated rings. The number of halogens is 1. The second-order valence-electron chi connectivity index (χ2n) is 7.78. The van der Waals surface area contributed by atoms with Crippen molar-refractivity contribution in [3.63, 3.8) is 0 Å². The largest absolute Gasteiger partial charge is 0.471 e. The van der Waals surface area contributed by atoms with E-state index in [9.17, 15) is 9.18 Å². The number of fused-ring (bicyclic) bond motifs is 2. The highest BCUT2D eigenvalue weighted by molar-refractivity contribution is 6.00. The smallest absolute Gasteiger partial charge is 0.254 e. The van der Waals surface area contributed by atoms with Gasteiger partial charge in [-0.1, -0.05) is 0 Å². The molecule has 1 aromatic carbocycles. The van der Waals surface area contributed by atoms with Crippen LogP contribution in [0.5, 0.6) is 5.88 Å². The van der Waals surface area contributed by atoms with Crippen LogP contribution in [0.15, 0.2) is 49.1 Å². The quantitative estimate of drug-likeness (QED) is 0.664. The van der Waals surface area contributed by atoms with E-state index < -0.39 is 5.82 Å². The van der Waals surface area contributed by atoms with Gasteiger partial charge in [0.1, 0.15) is 11.9 Å². The first kappa shape index (κ1) is 18.6. The molecule has 3 atom stereocenters. The highest BCUT2D eigenvalue weighted by Gasteiger charge is 2.48. The van der Waals surface area contributed by atoms with Crippen LogP contribution in [-0.2, 0) is 0 Å². The molecule has 0 spiro atoms. The number of aromatic nitrogens is 4. The summed E-state index contributed by atoms with van der Waals surface area (Å²) in [5.74, 6) is 0.571. The summed E-state index contributed by atoms with van der Waals surface area (Å²) in [7, 11) is 0. The number of ether oxygens (including phenoxy) is 1. The normalized spacial score (nSPS) is 22.3. The maximum Gasteiger partial charge on any atom is 0.254 e. The van der Waals surface area contributed by atoms with Crippen LogP contribution in [-0.4, -0.2) is 49.4 Å². The first-order valence-electron chi connectivity index (χ1n) is 9.91. The molecule has 1 aliphatic heterocycles. The van der Waals surface area contributed by atoms with E-state index in [0.717, 1.165) is 18.5 Å². The number of benzene rings is 1. The molecule has 5 rings (SSSR count). The molecule has 3 aromatic rings. The number of aryl methyl sites for hydroxylation is 1. The van der Waals surface area contributed by atoms with E-state index in [1.807, 2.05) is 11.8 Å². The van der Waals surface area contributed by atoms with Crippen LogP contribution in [0.1, 0.15) is 28.9 Å². The average molecular weight is 405 g/mol. The Morgan fingerprint density at radius 3 is 2.70 bits per heavy atom. The molecule has 2 aliphatic rings. The number of hydrogen-bond acceptors (Lipinski definition) is 6. The van der Waals surface area contributed by atoms with E-state index in [2.05, 4.69) is 19.9 Å². The van der Waals surface area contributed by atoms with Crippen LogP contribution in [0.4, 0.5) is 4.39 Å². The maximum atomic E-state index is 13.9. The van der Waals surface area contributed by atoms with Gasteiger partial charge in [0, 0.05) is 24.5 Å². The predicted octanol–water partition coefficient (Wildman–Crippen LogP) is 3.06. The lowest BCUT2D eigenvalue weighted by molar-refractivity contribution is 0.0466. The van der Waals surface area contributed by atoms with Crippen LogP contribution in [0.25, 0.3) is 11.4 Å². The van der Waals surface area contributed by atoms with Gasteiger partial charge in [0.25, 0.3) is 5.91 Å². The molecular formula is C22H20FN5O2. The summed E-state index contributed by atoms with van der Waals surface area (Å²) >= 11 is 0. The molecule has 1 aliphatic carbocycles. The van der Waals surface area contributed by atoms with Crippen molar-refractivity contribution in [3.05, 3.63) is 66.1 Å². The third-order valence-electron chi connectivity index (χ3n) is 5.73. The van der Waals surface area contributed by atoms with Gasteiger partial charge in [-0.2, -0.15) is 0 Å². The molecule has 152 valence electrons. The fraction of sp³-hybridized carbons (Fsp3) is 0.318. The van der Waals surface area contributed by atoms with Crippen molar-refractivity contribution in [2.24, 2.45) is 5.92 Å². The molecule has 0 radical (unpaired) electrons. The highest BCUT2D eigenvalue weighted by atomic mass is 19.1. The second-order valence-corrected chi connectivity index (χ2v) is 7.78. The summed E-state index contributed by atoms with van der Waals surface area (Å²) in [4.78, 5) is 32.2. The molecule has 0 N–H and O–H groups in total. The van der Waals surface area contributed by atoms with Crippen molar-refractivity contribution in [1.82, 2.24) is 24.8 Å². The number of carbonyl (C=O) groups is 1. The van der Waals surface area contributed by atoms with Gasteiger partial charge in [-0.25, -0.2) is 19.3 Å². The number of carbonyl (C=O) groups excluding carboxylic acids is 1. The number of piperidine rings is 1. The zero-order valence-corrected chi connectivity index (χ0v) is 16.4. The Morgan fingerprint density at radius 1 is 1.13 bits per heavy atom. The summed E-state index contributed by atoms with van der Waals surface area (Å²) in [6.07, 6.45) is 8.05. The molecule has 1 amide bonds. The van der Waals surface area contributed by atoms with Crippen molar-refractivity contribution in [1.29, 1.82) is 0 Å². The fourth-order valence-corrected chi connectivity index (χ4v) is 4.40. The van der Waals surface area contributed by atoms with Gasteiger partial charge in [0.2, 0.25) is 5.88 Å². The fourth-order valence-electron chi connectivity index (χ4n) is 4.40. The van der Waals surface area contributed by atoms with Gasteiger partial charge in [0.05, 0.1) is 29.7 Å². The lowest BCUT2D eigenvalue weighted by Crippen LogP contribution is -2.47. The predicted molar refractivity (Wildman–Crippen MR) is 106 cm³/mol. The number of amides is 1. The third-order valence-corrected chi connectivity index (χ3v) is 5.73. The van der Waals surface area contributed by atoms with Gasteiger partial charge >= 0.3 is 0 Å². The number of hydrogen-bond donors (Lipinski definition) is 0. The van der Waals surface area contributed by atoms with Crippen molar-refractivity contribution in [3.8, 4) is 17.3 Å². The van der Waals surface area contributed by atoms with E-state index in [1.54, 1.807) is 30.9 Å². The Labute approximate surface area is 173 Å². The van der Waals surface area contributed by atoms with Gasteiger partial charge in [0.15, 0.2) is 5.82 Å². The number of rotatable bonds is 4. The molecule has 1 saturated heterocycles. The SMILES string of the molecule is Cc1cnc(OC2CC3CC2N(C(=O)c2ccc(F)cc2-c2ncccn2)C3)cn1. The minimum absolute atomic E-state index is 0.0554. The van der Waals surface area contributed by atoms with Crippen molar-refractivity contribution >= 4 is 5.91 Å². The molecular weight excluding hydrogens is 385 g/mol. The summed E-state index contributed by atoms with van der Waals surface area (Å²) in [6, 6.07) is 5.74. The molecule has 3 unspecified atom stereocenters. The lowest BCUT2D eigenvalue weighted by Gasteiger charge is -2.33. The summed E-state index contributed by atoms with van der Waals surface area (Å²) < 4.78 is 20.0. The van der Waals surface area contributed by atoms with Crippen molar-refractivity contribution in [2.75, 3.05) is 6.54 Å². The average Bonchev–Trinajstić information content (AvgIpc) is 3.36. The van der Waals surface area contributed by atoms with Crippen LogP contribution < -0.4 is 4.74 Å². The van der Waals surface area contributed by atoms with Gasteiger partial charge in [-0.05, 0) is 49.9 Å². The monoisotopic (exact) mass is 405 g/mol. The Balaban J connectivity index is 1.41. The van der Waals surface area contributed by atoms with Crippen LogP contribution in [0.2, 0.25) is 0 Å². The molecule has 1 saturated carbocycles. The van der Waals surface area contributed by atoms with Gasteiger partial charge in [-0.3, -0.25) is 9.78 Å². The van der Waals surface area contributed by atoms with E-state index >= 15 is 0 Å². The minimum Gasteiger partial charge on any atom is -0.471 e. The molecule has 3 heterocycles. The zero-order valence-electron chi connectivity index (χ0n) is 16.4. The van der Waals surface area contributed by atoms with Crippen molar-refractivity contribution < 1.29 is 13.9 Å². The Hall–Kier alpha value is -3.42. The van der Waals surface area contributed by atoms with Crippen molar-refractivity contribution in [2.45, 2.75) is 31.9 Å². The third kappa shape index (κ3) is 3.38. The standard InChI is InChI=1S/C22H20FN5O2/c1-13-10-27-20(11-26-13)30-19-8-14-7-18(19)28(12-14)22(29)16-4-3-15(23)9-17(16)21-24-5-2-6-25-21/h2-6,9-11,14,18-19H,7-8,12H2,1H3.